The molecule has 0 saturated carbocycles. The summed E-state index contributed by atoms with van der Waals surface area (Å²) in [4.78, 5) is 18.8. The van der Waals surface area contributed by atoms with Gasteiger partial charge in [-0.15, -0.1) is 0 Å². The van der Waals surface area contributed by atoms with Crippen molar-refractivity contribution in [1.29, 1.82) is 0 Å². The largest absolute Gasteiger partial charge is 0.495 e. The van der Waals surface area contributed by atoms with E-state index < -0.39 is 5.60 Å². The van der Waals surface area contributed by atoms with Crippen LogP contribution in [-0.2, 0) is 10.4 Å². The fourth-order valence-corrected chi connectivity index (χ4v) is 4.23. The van der Waals surface area contributed by atoms with Crippen molar-refractivity contribution in [3.8, 4) is 11.4 Å². The van der Waals surface area contributed by atoms with E-state index >= 15 is 0 Å². The van der Waals surface area contributed by atoms with Crippen LogP contribution < -0.4 is 4.74 Å². The van der Waals surface area contributed by atoms with Crippen LogP contribution in [0.4, 0.5) is 4.39 Å². The lowest BCUT2D eigenvalue weighted by Crippen LogP contribution is -2.32. The number of aliphatic hydroxyl groups is 1. The number of amides is 1. The van der Waals surface area contributed by atoms with Crippen molar-refractivity contribution in [3.05, 3.63) is 83.7 Å². The Morgan fingerprint density at radius 3 is 2.67 bits per heavy atom. The van der Waals surface area contributed by atoms with Gasteiger partial charge in [-0.25, -0.2) is 9.37 Å². The third-order valence-electron chi connectivity index (χ3n) is 6.12. The smallest absolute Gasteiger partial charge is 0.246 e. The molecule has 33 heavy (non-hydrogen) atoms. The highest BCUT2D eigenvalue weighted by Gasteiger charge is 2.32. The number of benzene rings is 2. The summed E-state index contributed by atoms with van der Waals surface area (Å²) in [5, 5.41) is 11.1. The van der Waals surface area contributed by atoms with Crippen molar-refractivity contribution in [1.82, 2.24) is 14.5 Å². The van der Waals surface area contributed by atoms with Crippen LogP contribution in [0.2, 0.25) is 0 Å². The predicted molar refractivity (Wildman–Crippen MR) is 125 cm³/mol. The number of carbonyl (C=O) groups is 1. The number of hydrogen-bond acceptors (Lipinski definition) is 4. The van der Waals surface area contributed by atoms with E-state index in [9.17, 15) is 14.3 Å². The summed E-state index contributed by atoms with van der Waals surface area (Å²) >= 11 is 0. The number of nitrogens with zero attached hydrogens (tertiary/aromatic N) is 3. The molecule has 1 N–H and O–H groups in total. The van der Waals surface area contributed by atoms with Crippen LogP contribution in [0.3, 0.4) is 0 Å². The Hall–Kier alpha value is -3.45. The van der Waals surface area contributed by atoms with Gasteiger partial charge in [0.25, 0.3) is 0 Å². The summed E-state index contributed by atoms with van der Waals surface area (Å²) in [5.74, 6) is 0.246. The first kappa shape index (κ1) is 22.7. The van der Waals surface area contributed by atoms with E-state index in [-0.39, 0.29) is 11.7 Å². The summed E-state index contributed by atoms with van der Waals surface area (Å²) in [7, 11) is 1.61. The molecule has 0 spiro atoms. The number of aryl methyl sites for hydroxylation is 1. The molecule has 2 heterocycles. The van der Waals surface area contributed by atoms with Crippen LogP contribution in [0, 0.1) is 12.7 Å². The molecule has 1 unspecified atom stereocenters. The van der Waals surface area contributed by atoms with Crippen LogP contribution in [0.25, 0.3) is 11.8 Å². The molecule has 1 aliphatic heterocycles. The van der Waals surface area contributed by atoms with Gasteiger partial charge >= 0.3 is 0 Å². The van der Waals surface area contributed by atoms with Crippen LogP contribution in [0.5, 0.6) is 5.75 Å². The molecular formula is C26H28FN3O3. The molecule has 0 bridgehead atoms. The van der Waals surface area contributed by atoms with Gasteiger partial charge in [0.1, 0.15) is 11.6 Å². The molecule has 4 rings (SSSR count). The van der Waals surface area contributed by atoms with E-state index in [0.717, 1.165) is 16.9 Å². The lowest BCUT2D eigenvalue weighted by atomic mass is 9.87. The number of aromatic nitrogens is 2. The van der Waals surface area contributed by atoms with Crippen LogP contribution in [0.1, 0.15) is 36.1 Å². The first-order chi connectivity index (χ1) is 15.9. The molecule has 6 nitrogen and oxygen atoms in total. The maximum Gasteiger partial charge on any atom is 0.246 e. The second-order valence-electron chi connectivity index (χ2n) is 8.40. The maximum absolute atomic E-state index is 13.3. The topological polar surface area (TPSA) is 67.6 Å². The summed E-state index contributed by atoms with van der Waals surface area (Å²) in [6.07, 6.45) is 8.58. The zero-order valence-electron chi connectivity index (χ0n) is 18.9. The molecule has 1 aromatic heterocycles. The third-order valence-corrected chi connectivity index (χ3v) is 6.12. The number of carbonyl (C=O) groups excluding carboxylic acids is 1. The van der Waals surface area contributed by atoms with Crippen LogP contribution >= 0.6 is 0 Å². The Bertz CT molecular complexity index is 1160. The minimum Gasteiger partial charge on any atom is -0.495 e. The fourth-order valence-electron chi connectivity index (χ4n) is 4.23. The summed E-state index contributed by atoms with van der Waals surface area (Å²) in [6.45, 7) is 2.92. The zero-order valence-corrected chi connectivity index (χ0v) is 18.9. The minimum atomic E-state index is -1.05. The average molecular weight is 450 g/mol. The van der Waals surface area contributed by atoms with Gasteiger partial charge in [0.2, 0.25) is 5.91 Å². The molecule has 0 aliphatic carbocycles. The van der Waals surface area contributed by atoms with E-state index in [1.165, 1.54) is 12.1 Å². The monoisotopic (exact) mass is 449 g/mol. The number of halogens is 1. The Morgan fingerprint density at radius 2 is 1.97 bits per heavy atom. The van der Waals surface area contributed by atoms with Crippen molar-refractivity contribution >= 4 is 12.0 Å². The predicted octanol–water partition coefficient (Wildman–Crippen LogP) is 4.24. The maximum atomic E-state index is 13.3. The highest BCUT2D eigenvalue weighted by molar-refractivity contribution is 5.92. The quantitative estimate of drug-likeness (QED) is 0.592. The van der Waals surface area contributed by atoms with Crippen molar-refractivity contribution < 1.29 is 19.0 Å². The number of hydrogen-bond donors (Lipinski definition) is 1. The Kier molecular flexibility index (Phi) is 6.60. The van der Waals surface area contributed by atoms with Gasteiger partial charge in [-0.1, -0.05) is 18.2 Å². The number of methoxy groups -OCH3 is 1. The van der Waals surface area contributed by atoms with E-state index in [2.05, 4.69) is 4.98 Å². The minimum absolute atomic E-state index is 0.105. The van der Waals surface area contributed by atoms with Crippen molar-refractivity contribution in [3.63, 3.8) is 0 Å². The molecule has 1 aliphatic rings. The summed E-state index contributed by atoms with van der Waals surface area (Å²) in [6, 6.07) is 11.7. The third kappa shape index (κ3) is 5.14. The molecule has 1 amide bonds. The number of ether oxygens (including phenoxy) is 1. The molecule has 172 valence electrons. The van der Waals surface area contributed by atoms with Crippen molar-refractivity contribution in [2.75, 3.05) is 20.2 Å². The van der Waals surface area contributed by atoms with Gasteiger partial charge in [-0.2, -0.15) is 0 Å². The SMILES string of the molecule is COc1cc(C=CC(=O)N2CCCC(O)(c3ccc(F)cc3)CC2)ccc1-n1cnc(C)c1. The molecule has 0 radical (unpaired) electrons. The number of likely N-dealkylation sites (tertiary alicyclic amines) is 1. The average Bonchev–Trinajstić information content (AvgIpc) is 3.15. The fraction of sp³-hybridized carbons (Fsp3) is 0.308. The van der Waals surface area contributed by atoms with Gasteiger partial charge in [-0.05, 0) is 67.7 Å². The lowest BCUT2D eigenvalue weighted by molar-refractivity contribution is -0.126. The second-order valence-corrected chi connectivity index (χ2v) is 8.40. The molecule has 1 fully saturated rings. The standard InChI is InChI=1S/C26H28FN3O3/c1-19-17-30(18-28-19)23-10-4-20(16-24(23)33-2)5-11-25(31)29-14-3-12-26(32,13-15-29)21-6-8-22(27)9-7-21/h4-11,16-18,32H,3,12-15H2,1-2H3. The Morgan fingerprint density at radius 1 is 1.18 bits per heavy atom. The first-order valence-corrected chi connectivity index (χ1v) is 11.0. The number of imidazole rings is 1. The molecule has 7 heteroatoms. The normalized spacial score (nSPS) is 19.0. The molecular weight excluding hydrogens is 421 g/mol. The van der Waals surface area contributed by atoms with Gasteiger partial charge < -0.3 is 19.3 Å². The van der Waals surface area contributed by atoms with Crippen molar-refractivity contribution in [2.45, 2.75) is 31.8 Å². The van der Waals surface area contributed by atoms with Gasteiger partial charge in [-0.3, -0.25) is 4.79 Å². The highest BCUT2D eigenvalue weighted by Crippen LogP contribution is 2.33. The Labute approximate surface area is 192 Å². The van der Waals surface area contributed by atoms with E-state index in [4.69, 9.17) is 4.74 Å². The zero-order chi connectivity index (χ0) is 23.4. The van der Waals surface area contributed by atoms with Gasteiger partial charge in [0.05, 0.1) is 30.4 Å². The molecule has 3 aromatic rings. The first-order valence-electron chi connectivity index (χ1n) is 11.0. The van der Waals surface area contributed by atoms with Crippen LogP contribution in [0.15, 0.2) is 61.1 Å². The summed E-state index contributed by atoms with van der Waals surface area (Å²) in [5.41, 5.74) is 2.26. The molecule has 1 atom stereocenters. The molecule has 2 aromatic carbocycles. The molecule has 1 saturated heterocycles. The van der Waals surface area contributed by atoms with E-state index in [1.54, 1.807) is 42.6 Å². The van der Waals surface area contributed by atoms with Gasteiger partial charge in [0, 0.05) is 25.4 Å². The van der Waals surface area contributed by atoms with Gasteiger partial charge in [0.15, 0.2) is 0 Å². The lowest BCUT2D eigenvalue weighted by Gasteiger charge is -2.27. The van der Waals surface area contributed by atoms with Crippen LogP contribution in [-0.4, -0.2) is 45.7 Å². The van der Waals surface area contributed by atoms with E-state index in [0.29, 0.717) is 43.7 Å². The second kappa shape index (κ2) is 9.58. The van der Waals surface area contributed by atoms with E-state index in [1.807, 2.05) is 35.9 Å². The summed E-state index contributed by atoms with van der Waals surface area (Å²) < 4.78 is 20.7. The number of rotatable bonds is 5. The highest BCUT2D eigenvalue weighted by atomic mass is 19.1. The van der Waals surface area contributed by atoms with Crippen molar-refractivity contribution in [2.24, 2.45) is 0 Å². The Balaban J connectivity index is 1.43.